The largest absolute Gasteiger partial charge is 0.0887 e. The Labute approximate surface area is 92.7 Å². The summed E-state index contributed by atoms with van der Waals surface area (Å²) in [5.74, 6) is 0.731. The normalized spacial score (nSPS) is 11.9. The van der Waals surface area contributed by atoms with E-state index in [4.69, 9.17) is 0 Å². The molecule has 0 rings (SSSR count). The SMILES string of the molecule is CCCCCC[B][B]C(C)(C)C(C)C. The van der Waals surface area contributed by atoms with Gasteiger partial charge in [0.2, 0.25) is 0 Å². The average Bonchev–Trinajstić information content (AvgIpc) is 2.10. The fourth-order valence-electron chi connectivity index (χ4n) is 1.27. The number of hydrogen-bond donors (Lipinski definition) is 0. The molecule has 0 aliphatic rings. The topological polar surface area (TPSA) is 0 Å². The van der Waals surface area contributed by atoms with E-state index < -0.39 is 0 Å². The first-order valence-electron chi connectivity index (χ1n) is 6.18. The summed E-state index contributed by atoms with van der Waals surface area (Å²) in [6, 6.07) is 0. The summed E-state index contributed by atoms with van der Waals surface area (Å²) in [4.78, 5) is 0. The summed E-state index contributed by atoms with van der Waals surface area (Å²) in [5, 5.41) is 0.366. The predicted molar refractivity (Wildman–Crippen MR) is 69.3 cm³/mol. The molecule has 2 heteroatoms. The highest BCUT2D eigenvalue weighted by Gasteiger charge is 2.21. The molecular weight excluding hydrogens is 166 g/mol. The Morgan fingerprint density at radius 1 is 1.07 bits per heavy atom. The lowest BCUT2D eigenvalue weighted by atomic mass is 9.26. The van der Waals surface area contributed by atoms with Gasteiger partial charge in [-0.15, -0.1) is 0 Å². The number of rotatable bonds is 8. The Morgan fingerprint density at radius 3 is 2.21 bits per heavy atom. The van der Waals surface area contributed by atoms with Gasteiger partial charge in [-0.25, -0.2) is 0 Å². The van der Waals surface area contributed by atoms with Gasteiger partial charge in [-0.1, -0.05) is 71.9 Å². The van der Waals surface area contributed by atoms with Gasteiger partial charge in [-0.3, -0.25) is 0 Å². The van der Waals surface area contributed by atoms with Crippen LogP contribution in [0.3, 0.4) is 0 Å². The third-order valence-electron chi connectivity index (χ3n) is 3.26. The van der Waals surface area contributed by atoms with Gasteiger partial charge >= 0.3 is 0 Å². The lowest BCUT2D eigenvalue weighted by Gasteiger charge is -2.28. The molecule has 0 saturated carbocycles. The Kier molecular flexibility index (Phi) is 7.49. The minimum absolute atomic E-state index is 0.366. The molecule has 0 amide bonds. The van der Waals surface area contributed by atoms with Crippen LogP contribution in [-0.2, 0) is 0 Å². The molecule has 0 aliphatic heterocycles. The predicted octanol–water partition coefficient (Wildman–Crippen LogP) is 4.16. The van der Waals surface area contributed by atoms with Gasteiger partial charge in [-0.05, 0) is 5.92 Å². The van der Waals surface area contributed by atoms with Gasteiger partial charge in [0, 0.05) is 0 Å². The second-order valence-electron chi connectivity index (χ2n) is 5.23. The van der Waals surface area contributed by atoms with Crippen molar-refractivity contribution in [2.75, 3.05) is 0 Å². The molecule has 0 aromatic carbocycles. The van der Waals surface area contributed by atoms with Gasteiger partial charge in [0.1, 0.15) is 0 Å². The van der Waals surface area contributed by atoms with Crippen molar-refractivity contribution in [3.63, 3.8) is 0 Å². The van der Waals surface area contributed by atoms with Crippen molar-refractivity contribution in [2.45, 2.75) is 71.9 Å². The monoisotopic (exact) mass is 192 g/mol. The van der Waals surface area contributed by atoms with E-state index in [1.54, 1.807) is 0 Å². The molecule has 0 aromatic heterocycles. The van der Waals surface area contributed by atoms with Crippen LogP contribution in [0.5, 0.6) is 0 Å². The standard InChI is InChI=1S/C12H26B2/c1-6-7-8-9-10-13-14-12(4,5)11(2)3/h11H,6-10H2,1-5H3. The van der Waals surface area contributed by atoms with E-state index in [2.05, 4.69) is 49.0 Å². The van der Waals surface area contributed by atoms with Crippen LogP contribution in [0, 0.1) is 5.92 Å². The summed E-state index contributed by atoms with van der Waals surface area (Å²) in [5.41, 5.74) is 0. The molecule has 0 atom stereocenters. The van der Waals surface area contributed by atoms with E-state index in [9.17, 15) is 0 Å². The van der Waals surface area contributed by atoms with Gasteiger partial charge in [0.05, 0.1) is 14.3 Å². The molecule has 0 aliphatic carbocycles. The summed E-state index contributed by atoms with van der Waals surface area (Å²) >= 11 is 0. The molecular formula is C12H26B2. The molecule has 0 saturated heterocycles. The van der Waals surface area contributed by atoms with E-state index in [0.29, 0.717) is 5.31 Å². The lowest BCUT2D eigenvalue weighted by Crippen LogP contribution is -2.24. The smallest absolute Gasteiger partial charge is 0.0734 e. The van der Waals surface area contributed by atoms with Crippen LogP contribution in [0.1, 0.15) is 60.3 Å². The molecule has 0 fully saturated rings. The molecule has 14 heavy (non-hydrogen) atoms. The van der Waals surface area contributed by atoms with Crippen molar-refractivity contribution in [2.24, 2.45) is 5.92 Å². The highest BCUT2D eigenvalue weighted by molar-refractivity contribution is 7.02. The lowest BCUT2D eigenvalue weighted by molar-refractivity contribution is 0.478. The minimum Gasteiger partial charge on any atom is -0.0887 e. The van der Waals surface area contributed by atoms with Gasteiger partial charge in [-0.2, -0.15) is 0 Å². The first-order valence-corrected chi connectivity index (χ1v) is 6.18. The second kappa shape index (κ2) is 7.43. The van der Waals surface area contributed by atoms with Crippen LogP contribution in [0.15, 0.2) is 0 Å². The summed E-state index contributed by atoms with van der Waals surface area (Å²) < 4.78 is 0. The van der Waals surface area contributed by atoms with Crippen molar-refractivity contribution >= 4 is 14.3 Å². The van der Waals surface area contributed by atoms with Crippen molar-refractivity contribution in [1.82, 2.24) is 0 Å². The van der Waals surface area contributed by atoms with Crippen LogP contribution in [0.2, 0.25) is 11.6 Å². The maximum absolute atomic E-state index is 2.39. The van der Waals surface area contributed by atoms with Crippen LogP contribution in [0.4, 0.5) is 0 Å². The van der Waals surface area contributed by atoms with Crippen molar-refractivity contribution in [3.05, 3.63) is 0 Å². The zero-order chi connectivity index (χ0) is 11.0. The van der Waals surface area contributed by atoms with Gasteiger partial charge in [0.15, 0.2) is 0 Å². The van der Waals surface area contributed by atoms with E-state index in [1.807, 2.05) is 0 Å². The van der Waals surface area contributed by atoms with Crippen LogP contribution in [0.25, 0.3) is 0 Å². The van der Waals surface area contributed by atoms with Gasteiger partial charge < -0.3 is 0 Å². The maximum Gasteiger partial charge on any atom is 0.0734 e. The number of unbranched alkanes of at least 4 members (excludes halogenated alkanes) is 3. The average molecular weight is 192 g/mol. The highest BCUT2D eigenvalue weighted by Crippen LogP contribution is 2.32. The quantitative estimate of drug-likeness (QED) is 0.400. The maximum atomic E-state index is 2.39. The molecule has 0 aromatic rings. The Balaban J connectivity index is 3.35. The van der Waals surface area contributed by atoms with E-state index in [1.165, 1.54) is 32.0 Å². The van der Waals surface area contributed by atoms with Crippen LogP contribution in [-0.4, -0.2) is 14.3 Å². The summed E-state index contributed by atoms with van der Waals surface area (Å²) in [7, 11) is 4.76. The number of hydrogen-bond acceptors (Lipinski definition) is 0. The first-order chi connectivity index (χ1) is 6.50. The summed E-state index contributed by atoms with van der Waals surface area (Å²) in [6.45, 7) is 11.5. The molecule has 0 spiro atoms. The van der Waals surface area contributed by atoms with E-state index >= 15 is 0 Å². The molecule has 0 bridgehead atoms. The van der Waals surface area contributed by atoms with Crippen LogP contribution >= 0.6 is 0 Å². The zero-order valence-corrected chi connectivity index (χ0v) is 10.8. The highest BCUT2D eigenvalue weighted by atomic mass is 14.1. The first kappa shape index (κ1) is 14.1. The van der Waals surface area contributed by atoms with Crippen LogP contribution < -0.4 is 0 Å². The van der Waals surface area contributed by atoms with E-state index in [0.717, 1.165) is 5.92 Å². The van der Waals surface area contributed by atoms with Crippen molar-refractivity contribution < 1.29 is 0 Å². The zero-order valence-electron chi connectivity index (χ0n) is 10.8. The summed E-state index contributed by atoms with van der Waals surface area (Å²) in [6.07, 6.45) is 6.74. The third kappa shape index (κ3) is 6.56. The molecule has 80 valence electrons. The van der Waals surface area contributed by atoms with Gasteiger partial charge in [0.25, 0.3) is 0 Å². The minimum atomic E-state index is 0.366. The molecule has 0 unspecified atom stereocenters. The Bertz CT molecular complexity index is 130. The van der Waals surface area contributed by atoms with E-state index in [-0.39, 0.29) is 0 Å². The molecule has 0 heterocycles. The molecule has 2 radical (unpaired) electrons. The Hall–Kier alpha value is 0.130. The molecule has 0 nitrogen and oxygen atoms in total. The fraction of sp³-hybridized carbons (Fsp3) is 1.00. The third-order valence-corrected chi connectivity index (χ3v) is 3.26. The fourth-order valence-corrected chi connectivity index (χ4v) is 1.27. The molecule has 0 N–H and O–H groups in total. The van der Waals surface area contributed by atoms with Crippen molar-refractivity contribution in [3.8, 4) is 0 Å². The second-order valence-corrected chi connectivity index (χ2v) is 5.23. The van der Waals surface area contributed by atoms with Crippen molar-refractivity contribution in [1.29, 1.82) is 0 Å². The Morgan fingerprint density at radius 2 is 1.71 bits per heavy atom.